The molecule has 14 heavy (non-hydrogen) atoms. The second kappa shape index (κ2) is 3.51. The van der Waals surface area contributed by atoms with E-state index in [-0.39, 0.29) is 5.56 Å². The molecule has 76 valence electrons. The molecule has 5 nitrogen and oxygen atoms in total. The van der Waals surface area contributed by atoms with Crippen LogP contribution in [-0.4, -0.2) is 21.3 Å². The maximum Gasteiger partial charge on any atom is 0.325 e. The van der Waals surface area contributed by atoms with Gasteiger partial charge >= 0.3 is 5.97 Å². The maximum absolute atomic E-state index is 12.8. The largest absolute Gasteiger partial charge is 0.504 e. The number of nitrogens with two attached hydrogens (primary N) is 1. The minimum Gasteiger partial charge on any atom is -0.504 e. The molecule has 0 heterocycles. The Labute approximate surface area is 78.2 Å². The SMILES string of the molecule is NC(C(=O)O)c1cc(O)c(O)c(F)c1. The average molecular weight is 201 g/mol. The minimum absolute atomic E-state index is 0.120. The van der Waals surface area contributed by atoms with Crippen molar-refractivity contribution in [1.29, 1.82) is 0 Å². The Kier molecular flexibility index (Phi) is 2.57. The van der Waals surface area contributed by atoms with Gasteiger partial charge in [-0.3, -0.25) is 4.79 Å². The summed E-state index contributed by atoms with van der Waals surface area (Å²) >= 11 is 0. The van der Waals surface area contributed by atoms with E-state index < -0.39 is 29.3 Å². The standard InChI is InChI=1S/C8H8FNO4/c9-4-1-3(6(10)8(13)14)2-5(11)7(4)12/h1-2,6,11-12H,10H2,(H,13,14). The summed E-state index contributed by atoms with van der Waals surface area (Å²) in [7, 11) is 0. The molecule has 0 saturated carbocycles. The Balaban J connectivity index is 3.19. The number of benzene rings is 1. The van der Waals surface area contributed by atoms with E-state index in [2.05, 4.69) is 0 Å². The molecule has 0 aliphatic rings. The van der Waals surface area contributed by atoms with Gasteiger partial charge in [0.15, 0.2) is 17.3 Å². The molecule has 0 radical (unpaired) electrons. The van der Waals surface area contributed by atoms with Gasteiger partial charge in [0.2, 0.25) is 0 Å². The van der Waals surface area contributed by atoms with Crippen LogP contribution in [0.25, 0.3) is 0 Å². The first-order valence-corrected chi connectivity index (χ1v) is 3.63. The fourth-order valence-electron chi connectivity index (χ4n) is 0.927. The van der Waals surface area contributed by atoms with Crippen molar-refractivity contribution in [3.63, 3.8) is 0 Å². The summed E-state index contributed by atoms with van der Waals surface area (Å²) in [6.45, 7) is 0. The number of hydrogen-bond donors (Lipinski definition) is 4. The third-order valence-corrected chi connectivity index (χ3v) is 1.69. The van der Waals surface area contributed by atoms with E-state index in [0.717, 1.165) is 12.1 Å². The van der Waals surface area contributed by atoms with Gasteiger partial charge in [-0.25, -0.2) is 4.39 Å². The molecule has 6 heteroatoms. The highest BCUT2D eigenvalue weighted by molar-refractivity contribution is 5.75. The maximum atomic E-state index is 12.8. The van der Waals surface area contributed by atoms with Gasteiger partial charge in [-0.05, 0) is 17.7 Å². The van der Waals surface area contributed by atoms with Crippen LogP contribution in [0.5, 0.6) is 11.5 Å². The van der Waals surface area contributed by atoms with Crippen molar-refractivity contribution in [2.75, 3.05) is 0 Å². The van der Waals surface area contributed by atoms with Crippen LogP contribution >= 0.6 is 0 Å². The molecule has 1 atom stereocenters. The number of phenolic OH excluding ortho intramolecular Hbond substituents is 2. The van der Waals surface area contributed by atoms with Crippen molar-refractivity contribution in [3.8, 4) is 11.5 Å². The van der Waals surface area contributed by atoms with Crippen LogP contribution in [0.15, 0.2) is 12.1 Å². The van der Waals surface area contributed by atoms with Crippen molar-refractivity contribution in [1.82, 2.24) is 0 Å². The highest BCUT2D eigenvalue weighted by Gasteiger charge is 2.18. The van der Waals surface area contributed by atoms with Gasteiger partial charge in [-0.1, -0.05) is 0 Å². The lowest BCUT2D eigenvalue weighted by molar-refractivity contribution is -0.138. The summed E-state index contributed by atoms with van der Waals surface area (Å²) < 4.78 is 12.8. The summed E-state index contributed by atoms with van der Waals surface area (Å²) in [5, 5.41) is 26.3. The van der Waals surface area contributed by atoms with Gasteiger partial charge in [0.1, 0.15) is 6.04 Å². The number of rotatable bonds is 2. The number of halogens is 1. The number of aliphatic carboxylic acids is 1. The summed E-state index contributed by atoms with van der Waals surface area (Å²) in [5.41, 5.74) is 5.05. The quantitative estimate of drug-likeness (QED) is 0.516. The molecule has 0 spiro atoms. The first-order chi connectivity index (χ1) is 6.43. The average Bonchev–Trinajstić information content (AvgIpc) is 2.12. The van der Waals surface area contributed by atoms with Crippen LogP contribution in [0, 0.1) is 5.82 Å². The Morgan fingerprint density at radius 3 is 2.43 bits per heavy atom. The van der Waals surface area contributed by atoms with Gasteiger partial charge in [-0.2, -0.15) is 0 Å². The fraction of sp³-hybridized carbons (Fsp3) is 0.125. The Morgan fingerprint density at radius 1 is 1.43 bits per heavy atom. The first-order valence-electron chi connectivity index (χ1n) is 3.63. The van der Waals surface area contributed by atoms with E-state index in [1.54, 1.807) is 0 Å². The van der Waals surface area contributed by atoms with Gasteiger partial charge in [0.05, 0.1) is 0 Å². The van der Waals surface area contributed by atoms with E-state index in [0.29, 0.717) is 0 Å². The minimum atomic E-state index is -1.43. The summed E-state index contributed by atoms with van der Waals surface area (Å²) in [5.74, 6) is -4.13. The van der Waals surface area contributed by atoms with Crippen LogP contribution in [0.3, 0.4) is 0 Å². The van der Waals surface area contributed by atoms with Gasteiger partial charge in [-0.15, -0.1) is 0 Å². The Hall–Kier alpha value is -1.82. The fourth-order valence-corrected chi connectivity index (χ4v) is 0.927. The van der Waals surface area contributed by atoms with Crippen LogP contribution in [0.4, 0.5) is 4.39 Å². The predicted octanol–water partition coefficient (Wildman–Crippen LogP) is 0.321. The number of aromatic hydroxyl groups is 2. The summed E-state index contributed by atoms with van der Waals surface area (Å²) in [6.07, 6.45) is 0. The van der Waals surface area contributed by atoms with E-state index in [9.17, 15) is 9.18 Å². The van der Waals surface area contributed by atoms with E-state index in [1.807, 2.05) is 0 Å². The number of carbonyl (C=O) groups is 1. The molecule has 0 fully saturated rings. The zero-order valence-corrected chi connectivity index (χ0v) is 6.94. The molecule has 0 bridgehead atoms. The van der Waals surface area contributed by atoms with Crippen LogP contribution in [-0.2, 0) is 4.79 Å². The third-order valence-electron chi connectivity index (χ3n) is 1.69. The Bertz CT molecular complexity index is 357. The number of carboxylic acids is 1. The van der Waals surface area contributed by atoms with E-state index in [1.165, 1.54) is 0 Å². The number of hydrogen-bond acceptors (Lipinski definition) is 4. The van der Waals surface area contributed by atoms with Crippen molar-refractivity contribution >= 4 is 5.97 Å². The lowest BCUT2D eigenvalue weighted by Crippen LogP contribution is -2.20. The third kappa shape index (κ3) is 1.74. The second-order valence-corrected chi connectivity index (χ2v) is 2.69. The Morgan fingerprint density at radius 2 is 2.00 bits per heavy atom. The molecule has 1 aromatic rings. The van der Waals surface area contributed by atoms with Gasteiger partial charge in [0.25, 0.3) is 0 Å². The molecule has 1 unspecified atom stereocenters. The highest BCUT2D eigenvalue weighted by atomic mass is 19.1. The lowest BCUT2D eigenvalue weighted by atomic mass is 10.1. The van der Waals surface area contributed by atoms with Crippen molar-refractivity contribution < 1.29 is 24.5 Å². The molecular formula is C8H8FNO4. The normalized spacial score (nSPS) is 12.4. The van der Waals surface area contributed by atoms with Crippen molar-refractivity contribution in [3.05, 3.63) is 23.5 Å². The zero-order valence-electron chi connectivity index (χ0n) is 6.94. The molecule has 0 saturated heterocycles. The van der Waals surface area contributed by atoms with Gasteiger partial charge < -0.3 is 21.1 Å². The smallest absolute Gasteiger partial charge is 0.325 e. The van der Waals surface area contributed by atoms with Crippen molar-refractivity contribution in [2.45, 2.75) is 6.04 Å². The topological polar surface area (TPSA) is 104 Å². The molecule has 0 aliphatic heterocycles. The molecule has 1 rings (SSSR count). The molecule has 5 N–H and O–H groups in total. The van der Waals surface area contributed by atoms with E-state index >= 15 is 0 Å². The second-order valence-electron chi connectivity index (χ2n) is 2.69. The molecule has 0 aromatic heterocycles. The number of phenols is 2. The number of carboxylic acid groups (broad SMARTS) is 1. The first kappa shape index (κ1) is 10.3. The summed E-state index contributed by atoms with van der Waals surface area (Å²) in [6, 6.07) is 0.224. The van der Waals surface area contributed by atoms with Crippen LogP contribution in [0.1, 0.15) is 11.6 Å². The van der Waals surface area contributed by atoms with Crippen LogP contribution in [0.2, 0.25) is 0 Å². The highest BCUT2D eigenvalue weighted by Crippen LogP contribution is 2.30. The van der Waals surface area contributed by atoms with Crippen LogP contribution < -0.4 is 5.73 Å². The molecule has 0 aliphatic carbocycles. The van der Waals surface area contributed by atoms with E-state index in [4.69, 9.17) is 21.1 Å². The zero-order chi connectivity index (χ0) is 10.9. The monoisotopic (exact) mass is 201 g/mol. The predicted molar refractivity (Wildman–Crippen MR) is 44.3 cm³/mol. The molecule has 0 amide bonds. The lowest BCUT2D eigenvalue weighted by Gasteiger charge is -2.08. The summed E-state index contributed by atoms with van der Waals surface area (Å²) in [4.78, 5) is 10.4. The van der Waals surface area contributed by atoms with Gasteiger partial charge in [0, 0.05) is 0 Å². The van der Waals surface area contributed by atoms with Crippen molar-refractivity contribution in [2.24, 2.45) is 5.73 Å². The molecular weight excluding hydrogens is 193 g/mol. The molecule has 1 aromatic carbocycles.